The first-order chi connectivity index (χ1) is 5.25. The molecule has 3 heteroatoms. The lowest BCUT2D eigenvalue weighted by Gasteiger charge is -2.08. The molecule has 1 N–H and O–H groups in total. The van der Waals surface area contributed by atoms with E-state index in [0.29, 0.717) is 12.0 Å². The van der Waals surface area contributed by atoms with E-state index < -0.39 is 5.97 Å². The lowest BCUT2D eigenvalue weighted by molar-refractivity contribution is -0.132. The summed E-state index contributed by atoms with van der Waals surface area (Å²) in [5.41, 5.74) is 1.11. The molecule has 1 heterocycles. The topological polar surface area (TPSA) is 49.7 Å². The Labute approximate surface area is 65.4 Å². The van der Waals surface area contributed by atoms with Crippen LogP contribution in [0.25, 0.3) is 0 Å². The van der Waals surface area contributed by atoms with Crippen LogP contribution in [-0.4, -0.2) is 23.3 Å². The number of hydrogen-bond acceptors (Lipinski definition) is 2. The summed E-state index contributed by atoms with van der Waals surface area (Å²) >= 11 is 0. The second-order valence-corrected chi connectivity index (χ2v) is 2.39. The third-order valence-electron chi connectivity index (χ3n) is 1.66. The molecule has 0 unspecified atom stereocenters. The Hall–Kier alpha value is -1.12. The number of hydrogen-bond donors (Lipinski definition) is 1. The van der Waals surface area contributed by atoms with Gasteiger partial charge in [0.1, 0.15) is 0 Å². The molecule has 0 amide bonds. The van der Waals surface area contributed by atoms with E-state index in [2.05, 4.69) is 4.99 Å². The van der Waals surface area contributed by atoms with Crippen LogP contribution in [0.4, 0.5) is 0 Å². The normalized spacial score (nSPS) is 17.2. The summed E-state index contributed by atoms with van der Waals surface area (Å²) in [5.74, 6) is -0.856. The minimum Gasteiger partial charge on any atom is -0.478 e. The minimum atomic E-state index is -0.856. The number of carboxylic acid groups (broad SMARTS) is 1. The summed E-state index contributed by atoms with van der Waals surface area (Å²) in [6, 6.07) is 0. The lowest BCUT2D eigenvalue weighted by Crippen LogP contribution is -2.15. The Kier molecular flexibility index (Phi) is 2.41. The van der Waals surface area contributed by atoms with E-state index in [1.807, 2.05) is 6.92 Å². The maximum Gasteiger partial charge on any atom is 0.337 e. The van der Waals surface area contributed by atoms with Crippen molar-refractivity contribution in [3.05, 3.63) is 11.6 Å². The number of rotatable bonds is 2. The summed E-state index contributed by atoms with van der Waals surface area (Å²) in [6.07, 6.45) is 3.21. The average Bonchev–Trinajstić information content (AvgIpc) is 2.04. The molecule has 1 aliphatic rings. The molecule has 0 spiro atoms. The SMILES string of the molecule is CCC1=NCCC=C1C(=O)O. The number of carboxylic acids is 1. The van der Waals surface area contributed by atoms with Crippen molar-refractivity contribution in [2.45, 2.75) is 19.8 Å². The number of dihydropyridines is 1. The molecule has 11 heavy (non-hydrogen) atoms. The van der Waals surface area contributed by atoms with Gasteiger partial charge in [0.25, 0.3) is 0 Å². The van der Waals surface area contributed by atoms with Crippen molar-refractivity contribution in [2.24, 2.45) is 4.99 Å². The van der Waals surface area contributed by atoms with Gasteiger partial charge in [-0.25, -0.2) is 4.79 Å². The molecular formula is C8H11NO2. The predicted octanol–water partition coefficient (Wildman–Crippen LogP) is 1.25. The molecule has 0 atom stereocenters. The summed E-state index contributed by atoms with van der Waals surface area (Å²) < 4.78 is 0. The van der Waals surface area contributed by atoms with E-state index in [0.717, 1.165) is 18.7 Å². The maximum atomic E-state index is 10.6. The molecule has 0 fully saturated rings. The van der Waals surface area contributed by atoms with Crippen LogP contribution in [0, 0.1) is 0 Å². The van der Waals surface area contributed by atoms with E-state index in [1.165, 1.54) is 0 Å². The van der Waals surface area contributed by atoms with Crippen LogP contribution in [-0.2, 0) is 4.79 Å². The van der Waals surface area contributed by atoms with Gasteiger partial charge in [-0.3, -0.25) is 4.99 Å². The molecule has 0 saturated carbocycles. The average molecular weight is 153 g/mol. The molecular weight excluding hydrogens is 142 g/mol. The van der Waals surface area contributed by atoms with Crippen LogP contribution in [0.2, 0.25) is 0 Å². The summed E-state index contributed by atoms with van der Waals surface area (Å²) in [7, 11) is 0. The second kappa shape index (κ2) is 3.32. The van der Waals surface area contributed by atoms with Crippen molar-refractivity contribution < 1.29 is 9.90 Å². The highest BCUT2D eigenvalue weighted by atomic mass is 16.4. The van der Waals surface area contributed by atoms with Gasteiger partial charge >= 0.3 is 5.97 Å². The maximum absolute atomic E-state index is 10.6. The Bertz CT molecular complexity index is 228. The number of aliphatic carboxylic acids is 1. The zero-order valence-electron chi connectivity index (χ0n) is 6.50. The molecule has 0 aromatic carbocycles. The first kappa shape index (κ1) is 7.98. The fourth-order valence-corrected chi connectivity index (χ4v) is 1.12. The molecule has 1 rings (SSSR count). The Balaban J connectivity index is 2.83. The van der Waals surface area contributed by atoms with Crippen LogP contribution in [0.5, 0.6) is 0 Å². The van der Waals surface area contributed by atoms with Crippen LogP contribution >= 0.6 is 0 Å². The van der Waals surface area contributed by atoms with Gasteiger partial charge < -0.3 is 5.11 Å². The molecule has 60 valence electrons. The molecule has 3 nitrogen and oxygen atoms in total. The van der Waals surface area contributed by atoms with E-state index in [-0.39, 0.29) is 0 Å². The lowest BCUT2D eigenvalue weighted by atomic mass is 10.0. The molecule has 0 aromatic heterocycles. The largest absolute Gasteiger partial charge is 0.478 e. The van der Waals surface area contributed by atoms with Crippen molar-refractivity contribution in [1.29, 1.82) is 0 Å². The van der Waals surface area contributed by atoms with Crippen molar-refractivity contribution in [3.63, 3.8) is 0 Å². The standard InChI is InChI=1S/C8H11NO2/c1-2-7-6(8(10)11)4-3-5-9-7/h4H,2-3,5H2,1H3,(H,10,11). The van der Waals surface area contributed by atoms with E-state index in [4.69, 9.17) is 5.11 Å². The second-order valence-electron chi connectivity index (χ2n) is 2.39. The van der Waals surface area contributed by atoms with Gasteiger partial charge in [-0.05, 0) is 12.8 Å². The van der Waals surface area contributed by atoms with Crippen LogP contribution in [0.15, 0.2) is 16.6 Å². The van der Waals surface area contributed by atoms with E-state index in [1.54, 1.807) is 6.08 Å². The zero-order valence-corrected chi connectivity index (χ0v) is 6.50. The highest BCUT2D eigenvalue weighted by molar-refractivity contribution is 6.19. The summed E-state index contributed by atoms with van der Waals surface area (Å²) in [4.78, 5) is 14.7. The fourth-order valence-electron chi connectivity index (χ4n) is 1.12. The summed E-state index contributed by atoms with van der Waals surface area (Å²) in [5, 5.41) is 8.69. The van der Waals surface area contributed by atoms with Gasteiger partial charge in [-0.2, -0.15) is 0 Å². The van der Waals surface area contributed by atoms with E-state index >= 15 is 0 Å². The molecule has 0 saturated heterocycles. The van der Waals surface area contributed by atoms with Crippen molar-refractivity contribution in [1.82, 2.24) is 0 Å². The number of carbonyl (C=O) groups is 1. The highest BCUT2D eigenvalue weighted by Gasteiger charge is 2.14. The van der Waals surface area contributed by atoms with Crippen molar-refractivity contribution in [3.8, 4) is 0 Å². The number of nitrogens with zero attached hydrogens (tertiary/aromatic N) is 1. The van der Waals surface area contributed by atoms with Gasteiger partial charge in [-0.15, -0.1) is 0 Å². The Morgan fingerprint density at radius 1 is 1.82 bits per heavy atom. The van der Waals surface area contributed by atoms with E-state index in [9.17, 15) is 4.79 Å². The quantitative estimate of drug-likeness (QED) is 0.649. The van der Waals surface area contributed by atoms with Gasteiger partial charge in [0.15, 0.2) is 0 Å². The van der Waals surface area contributed by atoms with Crippen LogP contribution in [0.1, 0.15) is 19.8 Å². The van der Waals surface area contributed by atoms with Gasteiger partial charge in [0.05, 0.1) is 5.57 Å². The van der Waals surface area contributed by atoms with Crippen LogP contribution in [0.3, 0.4) is 0 Å². The smallest absolute Gasteiger partial charge is 0.337 e. The van der Waals surface area contributed by atoms with Crippen LogP contribution < -0.4 is 0 Å². The minimum absolute atomic E-state index is 0.388. The summed E-state index contributed by atoms with van der Waals surface area (Å²) in [6.45, 7) is 2.65. The molecule has 0 aliphatic carbocycles. The van der Waals surface area contributed by atoms with Gasteiger partial charge in [-0.1, -0.05) is 13.0 Å². The zero-order chi connectivity index (χ0) is 8.27. The Morgan fingerprint density at radius 2 is 2.55 bits per heavy atom. The molecule has 0 radical (unpaired) electrons. The predicted molar refractivity (Wildman–Crippen MR) is 42.9 cm³/mol. The number of aliphatic imine (C=N–C) groups is 1. The first-order valence-electron chi connectivity index (χ1n) is 3.73. The third kappa shape index (κ3) is 1.67. The highest BCUT2D eigenvalue weighted by Crippen LogP contribution is 2.09. The Morgan fingerprint density at radius 3 is 3.00 bits per heavy atom. The van der Waals surface area contributed by atoms with Gasteiger partial charge in [0, 0.05) is 12.3 Å². The monoisotopic (exact) mass is 153 g/mol. The molecule has 0 bridgehead atoms. The fraction of sp³-hybridized carbons (Fsp3) is 0.500. The third-order valence-corrected chi connectivity index (χ3v) is 1.66. The van der Waals surface area contributed by atoms with Gasteiger partial charge in [0.2, 0.25) is 0 Å². The van der Waals surface area contributed by atoms with Crippen molar-refractivity contribution in [2.75, 3.05) is 6.54 Å². The first-order valence-corrected chi connectivity index (χ1v) is 3.73. The molecule has 0 aromatic rings. The van der Waals surface area contributed by atoms with Crippen molar-refractivity contribution >= 4 is 11.7 Å². The molecule has 1 aliphatic heterocycles.